The second-order valence-electron chi connectivity index (χ2n) is 3.96. The topological polar surface area (TPSA) is 40.5 Å². The molecule has 1 amide bonds. The monoisotopic (exact) mass is 339 g/mol. The minimum atomic E-state index is -4.47. The van der Waals surface area contributed by atoms with Crippen LogP contribution in [0, 0.1) is 0 Å². The summed E-state index contributed by atoms with van der Waals surface area (Å²) in [5.74, 6) is -0.663. The third-order valence-electron chi connectivity index (χ3n) is 2.34. The molecule has 0 heterocycles. The van der Waals surface area contributed by atoms with Crippen molar-refractivity contribution in [2.24, 2.45) is 0 Å². The van der Waals surface area contributed by atoms with Gasteiger partial charge in [-0.1, -0.05) is 28.1 Å². The maximum atomic E-state index is 12.3. The van der Waals surface area contributed by atoms with Gasteiger partial charge in [-0.2, -0.15) is 13.2 Å². The van der Waals surface area contributed by atoms with Crippen molar-refractivity contribution in [1.29, 1.82) is 0 Å². The number of rotatable bonds is 5. The van der Waals surface area contributed by atoms with Crippen LogP contribution in [0.1, 0.15) is 5.56 Å². The molecule has 0 aromatic heterocycles. The van der Waals surface area contributed by atoms with E-state index < -0.39 is 25.2 Å². The number of nitrogens with zero attached hydrogens (tertiary/aromatic N) is 1. The molecule has 0 radical (unpaired) electrons. The van der Waals surface area contributed by atoms with E-state index in [1.807, 2.05) is 0 Å². The molecule has 1 rings (SSSR count). The summed E-state index contributed by atoms with van der Waals surface area (Å²) in [4.78, 5) is 12.4. The highest BCUT2D eigenvalue weighted by Crippen LogP contribution is 2.18. The van der Waals surface area contributed by atoms with Crippen LogP contribution in [0.3, 0.4) is 0 Å². The first kappa shape index (κ1) is 16.0. The van der Waals surface area contributed by atoms with Crippen LogP contribution >= 0.6 is 15.9 Å². The molecular weight excluding hydrogens is 327 g/mol. The standard InChI is InChI=1S/C12H13BrF3NO2/c13-10-3-1-2-9(6-10)7-11(19)17(4-5-18)8-12(14,15)16/h1-3,6,18H,4-5,7-8H2. The number of amides is 1. The number of hydrogen-bond acceptors (Lipinski definition) is 2. The Bertz CT molecular complexity index is 437. The highest BCUT2D eigenvalue weighted by atomic mass is 79.9. The zero-order valence-corrected chi connectivity index (χ0v) is 11.5. The Morgan fingerprint density at radius 3 is 2.58 bits per heavy atom. The van der Waals surface area contributed by atoms with E-state index in [1.54, 1.807) is 24.3 Å². The predicted molar refractivity (Wildman–Crippen MR) is 67.6 cm³/mol. The fraction of sp³-hybridized carbons (Fsp3) is 0.417. The summed E-state index contributed by atoms with van der Waals surface area (Å²) in [5, 5.41) is 8.72. The van der Waals surface area contributed by atoms with E-state index in [0.717, 1.165) is 4.47 Å². The Morgan fingerprint density at radius 1 is 1.37 bits per heavy atom. The Morgan fingerprint density at radius 2 is 2.05 bits per heavy atom. The van der Waals surface area contributed by atoms with Gasteiger partial charge in [-0.3, -0.25) is 4.79 Å². The molecule has 0 aliphatic carbocycles. The van der Waals surface area contributed by atoms with Crippen LogP contribution < -0.4 is 0 Å². The number of aliphatic hydroxyl groups is 1. The van der Waals surface area contributed by atoms with Crippen LogP contribution in [0.5, 0.6) is 0 Å². The van der Waals surface area contributed by atoms with Crippen LogP contribution in [0.4, 0.5) is 13.2 Å². The predicted octanol–water partition coefficient (Wildman–Crippen LogP) is 2.37. The summed E-state index contributed by atoms with van der Waals surface area (Å²) in [7, 11) is 0. The molecular formula is C12H13BrF3NO2. The van der Waals surface area contributed by atoms with Crippen LogP contribution in [0.25, 0.3) is 0 Å². The summed E-state index contributed by atoms with van der Waals surface area (Å²) in [5.41, 5.74) is 0.615. The number of hydrogen-bond donors (Lipinski definition) is 1. The lowest BCUT2D eigenvalue weighted by molar-refractivity contribution is -0.161. The summed E-state index contributed by atoms with van der Waals surface area (Å²) < 4.78 is 37.7. The highest BCUT2D eigenvalue weighted by Gasteiger charge is 2.32. The van der Waals surface area contributed by atoms with Crippen molar-refractivity contribution < 1.29 is 23.1 Å². The van der Waals surface area contributed by atoms with Gasteiger partial charge >= 0.3 is 6.18 Å². The van der Waals surface area contributed by atoms with Crippen LogP contribution in [-0.4, -0.2) is 41.8 Å². The number of carbonyl (C=O) groups excluding carboxylic acids is 1. The fourth-order valence-corrected chi connectivity index (χ4v) is 2.01. The first-order valence-corrected chi connectivity index (χ1v) is 6.31. The lowest BCUT2D eigenvalue weighted by Gasteiger charge is -2.23. The van der Waals surface area contributed by atoms with Crippen molar-refractivity contribution in [2.45, 2.75) is 12.6 Å². The highest BCUT2D eigenvalue weighted by molar-refractivity contribution is 9.10. The Hall–Kier alpha value is -1.08. The first-order chi connectivity index (χ1) is 8.81. The Kier molecular flexibility index (Phi) is 5.81. The molecule has 0 fully saturated rings. The number of halogens is 4. The molecule has 3 nitrogen and oxygen atoms in total. The van der Waals surface area contributed by atoms with Gasteiger partial charge in [0.05, 0.1) is 13.0 Å². The van der Waals surface area contributed by atoms with Crippen molar-refractivity contribution in [3.05, 3.63) is 34.3 Å². The maximum Gasteiger partial charge on any atom is 0.406 e. The van der Waals surface area contributed by atoms with Gasteiger partial charge in [0, 0.05) is 11.0 Å². The van der Waals surface area contributed by atoms with E-state index in [9.17, 15) is 18.0 Å². The molecule has 1 aromatic rings. The first-order valence-electron chi connectivity index (χ1n) is 5.51. The summed E-state index contributed by atoms with van der Waals surface area (Å²) in [6, 6.07) is 6.79. The average molecular weight is 340 g/mol. The normalized spacial score (nSPS) is 11.4. The molecule has 19 heavy (non-hydrogen) atoms. The quantitative estimate of drug-likeness (QED) is 0.894. The summed E-state index contributed by atoms with van der Waals surface area (Å²) >= 11 is 3.22. The van der Waals surface area contributed by atoms with Gasteiger partial charge in [-0.25, -0.2) is 0 Å². The van der Waals surface area contributed by atoms with Crippen molar-refractivity contribution in [3.63, 3.8) is 0 Å². The second kappa shape index (κ2) is 6.91. The molecule has 106 valence electrons. The lowest BCUT2D eigenvalue weighted by atomic mass is 10.1. The van der Waals surface area contributed by atoms with E-state index in [2.05, 4.69) is 15.9 Å². The minimum Gasteiger partial charge on any atom is -0.395 e. The maximum absolute atomic E-state index is 12.3. The smallest absolute Gasteiger partial charge is 0.395 e. The van der Waals surface area contributed by atoms with Gasteiger partial charge in [0.25, 0.3) is 0 Å². The number of aliphatic hydroxyl groups excluding tert-OH is 1. The Labute approximate surface area is 117 Å². The Balaban J connectivity index is 2.71. The molecule has 0 aliphatic rings. The molecule has 0 aliphatic heterocycles. The molecule has 0 saturated heterocycles. The fourth-order valence-electron chi connectivity index (χ4n) is 1.56. The zero-order valence-electron chi connectivity index (χ0n) is 9.95. The number of benzene rings is 1. The van der Waals surface area contributed by atoms with E-state index in [0.29, 0.717) is 10.5 Å². The van der Waals surface area contributed by atoms with Gasteiger partial charge < -0.3 is 10.0 Å². The summed E-state index contributed by atoms with van der Waals surface area (Å²) in [6.45, 7) is -2.17. The van der Waals surface area contributed by atoms with Crippen molar-refractivity contribution in [2.75, 3.05) is 19.7 Å². The molecule has 1 N–H and O–H groups in total. The van der Waals surface area contributed by atoms with Gasteiger partial charge in [0.1, 0.15) is 6.54 Å². The summed E-state index contributed by atoms with van der Waals surface area (Å²) in [6.07, 6.45) is -4.60. The van der Waals surface area contributed by atoms with E-state index >= 15 is 0 Å². The van der Waals surface area contributed by atoms with E-state index in [-0.39, 0.29) is 13.0 Å². The minimum absolute atomic E-state index is 0.129. The molecule has 7 heteroatoms. The van der Waals surface area contributed by atoms with E-state index in [4.69, 9.17) is 5.11 Å². The molecule has 0 bridgehead atoms. The van der Waals surface area contributed by atoms with Crippen molar-refractivity contribution in [1.82, 2.24) is 4.90 Å². The molecule has 0 unspecified atom stereocenters. The van der Waals surface area contributed by atoms with E-state index in [1.165, 1.54) is 0 Å². The van der Waals surface area contributed by atoms with Crippen molar-refractivity contribution in [3.8, 4) is 0 Å². The third-order valence-corrected chi connectivity index (χ3v) is 2.83. The number of carbonyl (C=O) groups is 1. The average Bonchev–Trinajstić information content (AvgIpc) is 2.26. The lowest BCUT2D eigenvalue weighted by Crippen LogP contribution is -2.41. The van der Waals surface area contributed by atoms with Crippen LogP contribution in [0.15, 0.2) is 28.7 Å². The van der Waals surface area contributed by atoms with Gasteiger partial charge in [-0.05, 0) is 17.7 Å². The third kappa shape index (κ3) is 6.07. The molecule has 1 aromatic carbocycles. The van der Waals surface area contributed by atoms with Gasteiger partial charge in [-0.15, -0.1) is 0 Å². The zero-order chi connectivity index (χ0) is 14.5. The molecule has 0 spiro atoms. The van der Waals surface area contributed by atoms with Gasteiger partial charge in [0.15, 0.2) is 0 Å². The van der Waals surface area contributed by atoms with Crippen LogP contribution in [0.2, 0.25) is 0 Å². The van der Waals surface area contributed by atoms with Crippen LogP contribution in [-0.2, 0) is 11.2 Å². The molecule has 0 saturated carbocycles. The SMILES string of the molecule is O=C(Cc1cccc(Br)c1)N(CCO)CC(F)(F)F. The molecule has 0 atom stereocenters. The van der Waals surface area contributed by atoms with Crippen molar-refractivity contribution >= 4 is 21.8 Å². The largest absolute Gasteiger partial charge is 0.406 e. The number of alkyl halides is 3. The van der Waals surface area contributed by atoms with Gasteiger partial charge in [0.2, 0.25) is 5.91 Å². The second-order valence-corrected chi connectivity index (χ2v) is 4.88.